The average Bonchev–Trinajstić information content (AvgIpc) is 2.73. The first-order valence-electron chi connectivity index (χ1n) is 9.73. The Labute approximate surface area is 174 Å². The third-order valence-corrected chi connectivity index (χ3v) is 4.44. The molecule has 2 aromatic rings. The third kappa shape index (κ3) is 5.73. The second-order valence-electron chi connectivity index (χ2n) is 6.73. The van der Waals surface area contributed by atoms with Gasteiger partial charge in [0.05, 0.1) is 6.61 Å². The summed E-state index contributed by atoms with van der Waals surface area (Å²) in [5.41, 5.74) is 2.27. The molecule has 158 valence electrons. The van der Waals surface area contributed by atoms with E-state index >= 15 is 0 Å². The van der Waals surface area contributed by atoms with Gasteiger partial charge in [-0.25, -0.2) is 4.79 Å². The van der Waals surface area contributed by atoms with Crippen LogP contribution in [0.2, 0.25) is 0 Å². The van der Waals surface area contributed by atoms with Crippen molar-refractivity contribution >= 4 is 29.2 Å². The summed E-state index contributed by atoms with van der Waals surface area (Å²) in [5, 5.41) is 5.46. The van der Waals surface area contributed by atoms with Crippen LogP contribution in [0.5, 0.6) is 11.5 Å². The maximum atomic E-state index is 12.2. The molecule has 1 aliphatic rings. The monoisotopic (exact) mass is 412 g/mol. The van der Waals surface area contributed by atoms with Crippen molar-refractivity contribution in [2.24, 2.45) is 0 Å². The molecule has 8 heteroatoms. The first-order valence-corrected chi connectivity index (χ1v) is 9.73. The van der Waals surface area contributed by atoms with Gasteiger partial charge in [-0.3, -0.25) is 9.59 Å². The minimum absolute atomic E-state index is 0.0164. The van der Waals surface area contributed by atoms with Crippen LogP contribution in [0.4, 0.5) is 11.4 Å². The summed E-state index contributed by atoms with van der Waals surface area (Å²) in [5.74, 6) is 0.0784. The van der Waals surface area contributed by atoms with E-state index in [1.165, 1.54) is 6.92 Å². The van der Waals surface area contributed by atoms with Gasteiger partial charge in [0, 0.05) is 17.8 Å². The van der Waals surface area contributed by atoms with Crippen molar-refractivity contribution in [3.63, 3.8) is 0 Å². The lowest BCUT2D eigenvalue weighted by molar-refractivity contribution is -0.155. The molecule has 0 spiro atoms. The molecule has 2 amide bonds. The number of carbonyl (C=O) groups is 3. The summed E-state index contributed by atoms with van der Waals surface area (Å²) in [7, 11) is 0. The van der Waals surface area contributed by atoms with Crippen molar-refractivity contribution in [1.82, 2.24) is 0 Å². The van der Waals surface area contributed by atoms with Crippen molar-refractivity contribution in [1.29, 1.82) is 0 Å². The largest absolute Gasteiger partial charge is 0.494 e. The van der Waals surface area contributed by atoms with E-state index in [2.05, 4.69) is 10.6 Å². The summed E-state index contributed by atoms with van der Waals surface area (Å²) < 4.78 is 16.0. The van der Waals surface area contributed by atoms with Crippen LogP contribution in [0.25, 0.3) is 0 Å². The van der Waals surface area contributed by atoms with Gasteiger partial charge in [0.2, 0.25) is 5.91 Å². The van der Waals surface area contributed by atoms with E-state index in [9.17, 15) is 14.4 Å². The number of anilines is 2. The second-order valence-corrected chi connectivity index (χ2v) is 6.73. The normalized spacial score (nSPS) is 13.5. The number of aryl methyl sites for hydroxylation is 1. The Morgan fingerprint density at radius 2 is 1.80 bits per heavy atom. The van der Waals surface area contributed by atoms with Gasteiger partial charge in [0.15, 0.2) is 12.7 Å². The number of benzene rings is 2. The van der Waals surface area contributed by atoms with E-state index < -0.39 is 18.0 Å². The fourth-order valence-electron chi connectivity index (χ4n) is 2.92. The Bertz CT molecular complexity index is 926. The van der Waals surface area contributed by atoms with Gasteiger partial charge in [-0.05, 0) is 68.3 Å². The SMILES string of the molecule is CCOc1ccc(NC(=O)C(C)OC(=O)COc2ccc3c(c2)CCC(=O)N3)cc1. The summed E-state index contributed by atoms with van der Waals surface area (Å²) in [6, 6.07) is 12.1. The van der Waals surface area contributed by atoms with Gasteiger partial charge in [-0.1, -0.05) is 0 Å². The number of hydrogen-bond donors (Lipinski definition) is 2. The van der Waals surface area contributed by atoms with Crippen LogP contribution in [0, 0.1) is 0 Å². The molecule has 2 N–H and O–H groups in total. The highest BCUT2D eigenvalue weighted by atomic mass is 16.6. The van der Waals surface area contributed by atoms with Crippen LogP contribution in [0.1, 0.15) is 25.8 Å². The Morgan fingerprint density at radius 1 is 1.07 bits per heavy atom. The number of hydrogen-bond acceptors (Lipinski definition) is 6. The predicted octanol–water partition coefficient (Wildman–Crippen LogP) is 2.92. The molecule has 0 saturated carbocycles. The molecule has 0 aliphatic carbocycles. The van der Waals surface area contributed by atoms with Crippen molar-refractivity contribution in [3.05, 3.63) is 48.0 Å². The Morgan fingerprint density at radius 3 is 2.53 bits per heavy atom. The average molecular weight is 412 g/mol. The van der Waals surface area contributed by atoms with Gasteiger partial charge in [0.25, 0.3) is 5.91 Å². The third-order valence-electron chi connectivity index (χ3n) is 4.44. The number of amides is 2. The predicted molar refractivity (Wildman–Crippen MR) is 111 cm³/mol. The Kier molecular flexibility index (Phi) is 6.90. The maximum absolute atomic E-state index is 12.2. The lowest BCUT2D eigenvalue weighted by atomic mass is 10.0. The summed E-state index contributed by atoms with van der Waals surface area (Å²) >= 11 is 0. The van der Waals surface area contributed by atoms with Crippen molar-refractivity contribution in [3.8, 4) is 11.5 Å². The Hall–Kier alpha value is -3.55. The number of ether oxygens (including phenoxy) is 3. The highest BCUT2D eigenvalue weighted by Crippen LogP contribution is 2.26. The number of esters is 1. The fourth-order valence-corrected chi connectivity index (χ4v) is 2.92. The van der Waals surface area contributed by atoms with Crippen LogP contribution in [-0.2, 0) is 25.5 Å². The van der Waals surface area contributed by atoms with E-state index in [0.29, 0.717) is 36.6 Å². The lowest BCUT2D eigenvalue weighted by Gasteiger charge is -2.18. The molecule has 0 saturated heterocycles. The number of carbonyl (C=O) groups excluding carboxylic acids is 3. The smallest absolute Gasteiger partial charge is 0.344 e. The molecule has 0 fully saturated rings. The number of fused-ring (bicyclic) bond motifs is 1. The van der Waals surface area contributed by atoms with Crippen LogP contribution in [0.15, 0.2) is 42.5 Å². The number of nitrogens with one attached hydrogen (secondary N) is 2. The van der Waals surface area contributed by atoms with Gasteiger partial charge in [0.1, 0.15) is 11.5 Å². The molecule has 1 atom stereocenters. The molecular weight excluding hydrogens is 388 g/mol. The van der Waals surface area contributed by atoms with E-state index in [1.54, 1.807) is 42.5 Å². The van der Waals surface area contributed by atoms with Crippen molar-refractivity contribution in [2.45, 2.75) is 32.8 Å². The fraction of sp³-hybridized carbons (Fsp3) is 0.318. The zero-order valence-electron chi connectivity index (χ0n) is 16.9. The zero-order chi connectivity index (χ0) is 21.5. The summed E-state index contributed by atoms with van der Waals surface area (Å²) in [6.07, 6.45) is 0.0526. The van der Waals surface area contributed by atoms with Crippen LogP contribution in [0.3, 0.4) is 0 Å². The standard InChI is InChI=1S/C22H24N2O6/c1-3-28-17-7-5-16(6-8-17)23-22(27)14(2)30-21(26)13-29-18-9-10-19-15(12-18)4-11-20(25)24-19/h5-10,12,14H,3-4,11,13H2,1-2H3,(H,23,27)(H,24,25). The molecule has 0 bridgehead atoms. The first kappa shape index (κ1) is 21.2. The van der Waals surface area contributed by atoms with Crippen molar-refractivity contribution in [2.75, 3.05) is 23.8 Å². The highest BCUT2D eigenvalue weighted by molar-refractivity contribution is 5.95. The molecule has 1 unspecified atom stereocenters. The minimum Gasteiger partial charge on any atom is -0.494 e. The molecule has 0 radical (unpaired) electrons. The van der Waals surface area contributed by atoms with E-state index in [-0.39, 0.29) is 12.5 Å². The highest BCUT2D eigenvalue weighted by Gasteiger charge is 2.19. The van der Waals surface area contributed by atoms with Crippen LogP contribution < -0.4 is 20.1 Å². The molecule has 2 aromatic carbocycles. The lowest BCUT2D eigenvalue weighted by Crippen LogP contribution is -2.31. The summed E-state index contributed by atoms with van der Waals surface area (Å²) in [6.45, 7) is 3.61. The van der Waals surface area contributed by atoms with Gasteiger partial charge < -0.3 is 24.8 Å². The molecule has 1 heterocycles. The second kappa shape index (κ2) is 9.78. The molecule has 8 nitrogen and oxygen atoms in total. The molecular formula is C22H24N2O6. The number of rotatable bonds is 8. The van der Waals surface area contributed by atoms with Gasteiger partial charge in [-0.15, -0.1) is 0 Å². The summed E-state index contributed by atoms with van der Waals surface area (Å²) in [4.78, 5) is 35.7. The van der Waals surface area contributed by atoms with Crippen LogP contribution in [-0.4, -0.2) is 37.1 Å². The Balaban J connectivity index is 1.46. The zero-order valence-corrected chi connectivity index (χ0v) is 16.9. The molecule has 30 heavy (non-hydrogen) atoms. The topological polar surface area (TPSA) is 103 Å². The first-order chi connectivity index (χ1) is 14.4. The molecule has 3 rings (SSSR count). The van der Waals surface area contributed by atoms with Crippen molar-refractivity contribution < 1.29 is 28.6 Å². The molecule has 1 aliphatic heterocycles. The quantitative estimate of drug-likeness (QED) is 0.647. The maximum Gasteiger partial charge on any atom is 0.344 e. The van der Waals surface area contributed by atoms with Crippen LogP contribution >= 0.6 is 0 Å². The van der Waals surface area contributed by atoms with Gasteiger partial charge in [-0.2, -0.15) is 0 Å². The van der Waals surface area contributed by atoms with E-state index in [0.717, 1.165) is 11.3 Å². The van der Waals surface area contributed by atoms with E-state index in [4.69, 9.17) is 14.2 Å². The molecule has 0 aromatic heterocycles. The van der Waals surface area contributed by atoms with E-state index in [1.807, 2.05) is 6.92 Å². The van der Waals surface area contributed by atoms with Gasteiger partial charge >= 0.3 is 5.97 Å². The minimum atomic E-state index is -0.980.